The molecule has 0 bridgehead atoms. The average molecular weight is 371 g/mol. The fraction of sp³-hybridized carbons (Fsp3) is 0.300. The summed E-state index contributed by atoms with van der Waals surface area (Å²) in [7, 11) is 1.58. The molecule has 2 aromatic carbocycles. The van der Waals surface area contributed by atoms with Gasteiger partial charge in [0.15, 0.2) is 0 Å². The van der Waals surface area contributed by atoms with E-state index in [2.05, 4.69) is 15.6 Å². The number of hydrogen-bond acceptors (Lipinski definition) is 4. The van der Waals surface area contributed by atoms with Crippen molar-refractivity contribution in [3.8, 4) is 5.75 Å². The monoisotopic (exact) mass is 371 g/mol. The van der Waals surface area contributed by atoms with Gasteiger partial charge in [0.1, 0.15) is 11.6 Å². The molecule has 0 radical (unpaired) electrons. The first-order chi connectivity index (χ1) is 13.1. The highest BCUT2D eigenvalue weighted by atomic mass is 19.1. The lowest BCUT2D eigenvalue weighted by Gasteiger charge is -2.14. The maximum atomic E-state index is 13.4. The average Bonchev–Trinajstić information content (AvgIpc) is 3.20. The highest BCUT2D eigenvalue weighted by Gasteiger charge is 2.16. The van der Waals surface area contributed by atoms with E-state index in [4.69, 9.17) is 9.47 Å². The largest absolute Gasteiger partial charge is 0.497 e. The number of nitrogens with one attached hydrogen (secondary N) is 2. The van der Waals surface area contributed by atoms with Crippen LogP contribution in [0.3, 0.4) is 0 Å². The Kier molecular flexibility index (Phi) is 6.38. The van der Waals surface area contributed by atoms with Crippen LogP contribution >= 0.6 is 0 Å². The predicted octanol–water partition coefficient (Wildman–Crippen LogP) is 3.21. The zero-order chi connectivity index (χ0) is 19.1. The Balaban J connectivity index is 1.75. The number of aliphatic imine (C=N–C) groups is 1. The molecule has 1 aliphatic rings. The molecule has 0 saturated carbocycles. The second-order valence-electron chi connectivity index (χ2n) is 6.15. The molecule has 0 aliphatic carbocycles. The van der Waals surface area contributed by atoms with Crippen molar-refractivity contribution in [2.45, 2.75) is 18.9 Å². The van der Waals surface area contributed by atoms with Crippen LogP contribution in [-0.2, 0) is 4.74 Å². The van der Waals surface area contributed by atoms with Crippen LogP contribution in [0.25, 0.3) is 0 Å². The summed E-state index contributed by atoms with van der Waals surface area (Å²) in [6.45, 7) is 1.16. The Morgan fingerprint density at radius 2 is 2.15 bits per heavy atom. The van der Waals surface area contributed by atoms with Gasteiger partial charge in [0.25, 0.3) is 5.91 Å². The molecule has 1 amide bonds. The molecule has 2 aromatic rings. The summed E-state index contributed by atoms with van der Waals surface area (Å²) in [5.74, 6) is 0.0279. The van der Waals surface area contributed by atoms with Crippen LogP contribution in [0.15, 0.2) is 53.5 Å². The zero-order valence-corrected chi connectivity index (χ0v) is 15.1. The smallest absolute Gasteiger partial charge is 0.258 e. The third-order valence-corrected chi connectivity index (χ3v) is 4.13. The van der Waals surface area contributed by atoms with Gasteiger partial charge in [-0.25, -0.2) is 9.38 Å². The summed E-state index contributed by atoms with van der Waals surface area (Å²) < 4.78 is 24.2. The van der Waals surface area contributed by atoms with Crippen molar-refractivity contribution in [2.24, 2.45) is 4.99 Å². The second kappa shape index (κ2) is 9.14. The molecule has 27 heavy (non-hydrogen) atoms. The summed E-state index contributed by atoms with van der Waals surface area (Å²) in [6, 6.07) is 12.8. The maximum absolute atomic E-state index is 13.4. The normalized spacial score (nSPS) is 16.8. The van der Waals surface area contributed by atoms with Gasteiger partial charge in [-0.15, -0.1) is 0 Å². The van der Waals surface area contributed by atoms with Gasteiger partial charge in [-0.05, 0) is 43.2 Å². The number of carbonyl (C=O) groups is 1. The topological polar surface area (TPSA) is 71.9 Å². The number of benzene rings is 2. The van der Waals surface area contributed by atoms with Crippen molar-refractivity contribution in [2.75, 3.05) is 25.6 Å². The van der Waals surface area contributed by atoms with Crippen molar-refractivity contribution in [3.05, 3.63) is 59.9 Å². The number of anilines is 1. The van der Waals surface area contributed by atoms with Crippen LogP contribution in [0.2, 0.25) is 0 Å². The first kappa shape index (κ1) is 18.8. The molecule has 1 aliphatic heterocycles. The van der Waals surface area contributed by atoms with Gasteiger partial charge >= 0.3 is 0 Å². The van der Waals surface area contributed by atoms with Crippen LogP contribution in [0, 0.1) is 5.82 Å². The molecule has 2 N–H and O–H groups in total. The highest BCUT2D eigenvalue weighted by Crippen LogP contribution is 2.17. The van der Waals surface area contributed by atoms with E-state index in [-0.39, 0.29) is 17.6 Å². The van der Waals surface area contributed by atoms with E-state index in [9.17, 15) is 9.18 Å². The number of ether oxygens (including phenoxy) is 2. The van der Waals surface area contributed by atoms with Crippen molar-refractivity contribution in [3.63, 3.8) is 0 Å². The summed E-state index contributed by atoms with van der Waals surface area (Å²) >= 11 is 0. The number of amides is 1. The van der Waals surface area contributed by atoms with Gasteiger partial charge in [-0.1, -0.05) is 12.1 Å². The number of methoxy groups -OCH3 is 1. The van der Waals surface area contributed by atoms with E-state index < -0.39 is 11.7 Å². The lowest BCUT2D eigenvalue weighted by Crippen LogP contribution is -2.36. The Morgan fingerprint density at radius 1 is 1.30 bits per heavy atom. The summed E-state index contributed by atoms with van der Waals surface area (Å²) in [5.41, 5.74) is 0.923. The maximum Gasteiger partial charge on any atom is 0.258 e. The molecule has 1 heterocycles. The Labute approximate surface area is 157 Å². The van der Waals surface area contributed by atoms with Crippen LogP contribution < -0.4 is 15.4 Å². The Morgan fingerprint density at radius 3 is 2.89 bits per heavy atom. The van der Waals surface area contributed by atoms with Gasteiger partial charge in [-0.2, -0.15) is 0 Å². The van der Waals surface area contributed by atoms with Gasteiger partial charge in [0.2, 0.25) is 5.96 Å². The third kappa shape index (κ3) is 5.52. The Bertz CT molecular complexity index is 820. The standard InChI is InChI=1S/C20H22FN3O3/c1-26-17-8-3-7-16(12-17)23-20(22-13-18-9-4-10-27-18)24-19(25)14-5-2-6-15(21)11-14/h2-3,5-8,11-12,18H,4,9-10,13H2,1H3,(H2,22,23,24,25). The fourth-order valence-corrected chi connectivity index (χ4v) is 2.74. The van der Waals surface area contributed by atoms with E-state index in [1.807, 2.05) is 18.2 Å². The van der Waals surface area contributed by atoms with Crippen molar-refractivity contribution in [1.29, 1.82) is 0 Å². The van der Waals surface area contributed by atoms with E-state index >= 15 is 0 Å². The summed E-state index contributed by atoms with van der Waals surface area (Å²) in [4.78, 5) is 16.9. The molecule has 142 valence electrons. The lowest BCUT2D eigenvalue weighted by molar-refractivity contribution is 0.0975. The number of rotatable bonds is 5. The van der Waals surface area contributed by atoms with Gasteiger partial charge in [-0.3, -0.25) is 10.1 Å². The number of carbonyl (C=O) groups excluding carboxylic acids is 1. The van der Waals surface area contributed by atoms with Crippen LogP contribution in [0.1, 0.15) is 23.2 Å². The van der Waals surface area contributed by atoms with Crippen LogP contribution in [0.4, 0.5) is 10.1 Å². The van der Waals surface area contributed by atoms with Gasteiger partial charge < -0.3 is 14.8 Å². The number of halogens is 1. The molecule has 7 heteroatoms. The van der Waals surface area contributed by atoms with Crippen molar-refractivity contribution in [1.82, 2.24) is 5.32 Å². The molecule has 6 nitrogen and oxygen atoms in total. The predicted molar refractivity (Wildman–Crippen MR) is 102 cm³/mol. The third-order valence-electron chi connectivity index (χ3n) is 4.13. The van der Waals surface area contributed by atoms with E-state index in [0.717, 1.165) is 19.4 Å². The van der Waals surface area contributed by atoms with Crippen LogP contribution in [0.5, 0.6) is 5.75 Å². The summed E-state index contributed by atoms with van der Waals surface area (Å²) in [5, 5.41) is 5.79. The lowest BCUT2D eigenvalue weighted by atomic mass is 10.2. The van der Waals surface area contributed by atoms with E-state index in [0.29, 0.717) is 18.0 Å². The molecule has 0 aromatic heterocycles. The van der Waals surface area contributed by atoms with E-state index in [1.54, 1.807) is 19.2 Å². The first-order valence-electron chi connectivity index (χ1n) is 8.78. The molecule has 1 unspecified atom stereocenters. The number of nitrogens with zero attached hydrogens (tertiary/aromatic N) is 1. The number of guanidine groups is 1. The van der Waals surface area contributed by atoms with Crippen LogP contribution in [-0.4, -0.2) is 38.2 Å². The fourth-order valence-electron chi connectivity index (χ4n) is 2.74. The molecule has 3 rings (SSSR count). The molecule has 1 fully saturated rings. The van der Waals surface area contributed by atoms with Gasteiger partial charge in [0, 0.05) is 23.9 Å². The molecular weight excluding hydrogens is 349 g/mol. The minimum atomic E-state index is -0.471. The molecule has 1 atom stereocenters. The quantitative estimate of drug-likeness (QED) is 0.625. The van der Waals surface area contributed by atoms with Crippen molar-refractivity contribution < 1.29 is 18.7 Å². The highest BCUT2D eigenvalue weighted by molar-refractivity contribution is 6.10. The number of hydrogen-bond donors (Lipinski definition) is 2. The molecular formula is C20H22FN3O3. The zero-order valence-electron chi connectivity index (χ0n) is 15.1. The molecule has 1 saturated heterocycles. The van der Waals surface area contributed by atoms with E-state index in [1.165, 1.54) is 18.2 Å². The Hall–Kier alpha value is -2.93. The second-order valence-corrected chi connectivity index (χ2v) is 6.15. The minimum Gasteiger partial charge on any atom is -0.497 e. The summed E-state index contributed by atoms with van der Waals surface area (Å²) in [6.07, 6.45) is 1.99. The molecule has 0 spiro atoms. The van der Waals surface area contributed by atoms with Gasteiger partial charge in [0.05, 0.1) is 19.8 Å². The SMILES string of the molecule is COc1cccc(NC(=NCC2CCCO2)NC(=O)c2cccc(F)c2)c1. The first-order valence-corrected chi connectivity index (χ1v) is 8.78. The van der Waals surface area contributed by atoms with Crippen molar-refractivity contribution >= 4 is 17.6 Å². The minimum absolute atomic E-state index is 0.0400.